The lowest BCUT2D eigenvalue weighted by atomic mass is 9.88. The Balaban J connectivity index is 2.13. The molecule has 1 aliphatic carbocycles. The molecular formula is C14H23NO4S. The number of carbonyl (C=O) groups is 2. The van der Waals surface area contributed by atoms with Crippen LogP contribution in [0.15, 0.2) is 0 Å². The van der Waals surface area contributed by atoms with Crippen molar-refractivity contribution < 1.29 is 19.1 Å². The lowest BCUT2D eigenvalue weighted by molar-refractivity contribution is -0.153. The van der Waals surface area contributed by atoms with Crippen molar-refractivity contribution in [2.45, 2.75) is 43.5 Å². The van der Waals surface area contributed by atoms with Crippen LogP contribution < -0.4 is 0 Å². The smallest absolute Gasteiger partial charge is 0.329 e. The molecule has 0 radical (unpaired) electrons. The Morgan fingerprint density at radius 2 is 1.90 bits per heavy atom. The fraction of sp³-hybridized carbons (Fsp3) is 0.857. The minimum absolute atomic E-state index is 0.0251. The number of hydrogen-bond acceptors (Lipinski definition) is 5. The molecule has 1 amide bonds. The van der Waals surface area contributed by atoms with E-state index in [1.807, 2.05) is 0 Å². The molecule has 0 aromatic carbocycles. The first-order chi connectivity index (χ1) is 9.69. The first kappa shape index (κ1) is 15.6. The minimum atomic E-state index is -0.459. The van der Waals surface area contributed by atoms with Gasteiger partial charge >= 0.3 is 5.97 Å². The Hall–Kier alpha value is -0.750. The summed E-state index contributed by atoms with van der Waals surface area (Å²) in [6.45, 7) is 0.0251. The zero-order valence-corrected chi connectivity index (χ0v) is 13.0. The van der Waals surface area contributed by atoms with Crippen LogP contribution in [0, 0.1) is 5.92 Å². The molecule has 0 aromatic rings. The third-order valence-electron chi connectivity index (χ3n) is 4.12. The lowest BCUT2D eigenvalue weighted by Gasteiger charge is -2.35. The molecule has 0 bridgehead atoms. The van der Waals surface area contributed by atoms with Crippen LogP contribution in [0.4, 0.5) is 0 Å². The van der Waals surface area contributed by atoms with Gasteiger partial charge in [-0.1, -0.05) is 19.3 Å². The summed E-state index contributed by atoms with van der Waals surface area (Å²) < 4.78 is 9.80. The van der Waals surface area contributed by atoms with E-state index in [4.69, 9.17) is 9.47 Å². The number of ether oxygens (including phenoxy) is 2. The van der Waals surface area contributed by atoms with Crippen LogP contribution >= 0.6 is 11.8 Å². The minimum Gasteiger partial charge on any atom is -0.467 e. The van der Waals surface area contributed by atoms with Gasteiger partial charge in [0.1, 0.15) is 12.6 Å². The number of carbonyl (C=O) groups excluding carboxylic acids is 2. The normalized spacial score (nSPS) is 27.6. The maximum atomic E-state index is 12.3. The number of thioether (sulfide) groups is 1. The summed E-state index contributed by atoms with van der Waals surface area (Å²) in [5, 5.41) is 0.0991. The average molecular weight is 301 g/mol. The van der Waals surface area contributed by atoms with E-state index in [0.29, 0.717) is 11.7 Å². The number of amides is 1. The van der Waals surface area contributed by atoms with Crippen LogP contribution in [0.3, 0.4) is 0 Å². The van der Waals surface area contributed by atoms with E-state index in [2.05, 4.69) is 0 Å². The predicted octanol–water partition coefficient (Wildman–Crippen LogP) is 1.66. The van der Waals surface area contributed by atoms with Crippen molar-refractivity contribution in [2.24, 2.45) is 5.92 Å². The molecule has 0 N–H and O–H groups in total. The molecule has 0 aromatic heterocycles. The van der Waals surface area contributed by atoms with Crippen molar-refractivity contribution in [3.05, 3.63) is 0 Å². The lowest BCUT2D eigenvalue weighted by Crippen LogP contribution is -2.49. The molecule has 1 heterocycles. The predicted molar refractivity (Wildman–Crippen MR) is 77.3 cm³/mol. The molecule has 20 heavy (non-hydrogen) atoms. The molecule has 2 atom stereocenters. The van der Waals surface area contributed by atoms with Gasteiger partial charge in [-0.25, -0.2) is 4.79 Å². The van der Waals surface area contributed by atoms with Crippen LogP contribution in [0.25, 0.3) is 0 Å². The Bertz CT molecular complexity index is 357. The van der Waals surface area contributed by atoms with Crippen molar-refractivity contribution in [1.29, 1.82) is 0 Å². The van der Waals surface area contributed by atoms with Gasteiger partial charge < -0.3 is 14.4 Å². The monoisotopic (exact) mass is 301 g/mol. The highest BCUT2D eigenvalue weighted by Crippen LogP contribution is 2.40. The van der Waals surface area contributed by atoms with E-state index in [1.54, 1.807) is 16.7 Å². The SMILES string of the molecule is COCC(=O)N1C(C(=O)OC)CSC1C1CCCCC1. The number of methoxy groups -OCH3 is 2. The van der Waals surface area contributed by atoms with Crippen molar-refractivity contribution >= 4 is 23.6 Å². The van der Waals surface area contributed by atoms with Gasteiger partial charge in [-0.3, -0.25) is 4.79 Å². The average Bonchev–Trinajstić information content (AvgIpc) is 2.92. The Labute approximate surface area is 124 Å². The summed E-state index contributed by atoms with van der Waals surface area (Å²) in [7, 11) is 2.88. The molecule has 1 aliphatic heterocycles. The Morgan fingerprint density at radius 1 is 1.20 bits per heavy atom. The zero-order chi connectivity index (χ0) is 14.5. The summed E-state index contributed by atoms with van der Waals surface area (Å²) in [6.07, 6.45) is 6.00. The largest absolute Gasteiger partial charge is 0.467 e. The molecule has 1 saturated carbocycles. The van der Waals surface area contributed by atoms with E-state index < -0.39 is 6.04 Å². The van der Waals surface area contributed by atoms with Gasteiger partial charge in [-0.15, -0.1) is 11.8 Å². The fourth-order valence-corrected chi connectivity index (χ4v) is 4.79. The highest BCUT2D eigenvalue weighted by Gasteiger charge is 2.45. The molecule has 2 aliphatic rings. The second kappa shape index (κ2) is 7.31. The van der Waals surface area contributed by atoms with Crippen molar-refractivity contribution in [3.63, 3.8) is 0 Å². The first-order valence-corrected chi connectivity index (χ1v) is 8.23. The standard InChI is InChI=1S/C14H23NO4S/c1-18-8-12(16)15-11(14(17)19-2)9-20-13(15)10-6-4-3-5-7-10/h10-11,13H,3-9H2,1-2H3. The molecule has 2 fully saturated rings. The number of rotatable bonds is 4. The van der Waals surface area contributed by atoms with E-state index in [9.17, 15) is 9.59 Å². The Kier molecular flexibility index (Phi) is 5.72. The molecule has 1 saturated heterocycles. The second-order valence-electron chi connectivity index (χ2n) is 5.39. The van der Waals surface area contributed by atoms with Crippen molar-refractivity contribution in [3.8, 4) is 0 Å². The van der Waals surface area contributed by atoms with Crippen LogP contribution in [0.2, 0.25) is 0 Å². The molecule has 0 spiro atoms. The molecule has 6 heteroatoms. The number of esters is 1. The summed E-state index contributed by atoms with van der Waals surface area (Å²) in [6, 6.07) is -0.459. The quantitative estimate of drug-likeness (QED) is 0.739. The third-order valence-corrected chi connectivity index (χ3v) is 5.58. The van der Waals surface area contributed by atoms with Crippen LogP contribution in [-0.4, -0.2) is 54.8 Å². The highest BCUT2D eigenvalue weighted by molar-refractivity contribution is 8.00. The van der Waals surface area contributed by atoms with Gasteiger partial charge in [-0.2, -0.15) is 0 Å². The first-order valence-electron chi connectivity index (χ1n) is 7.18. The maximum absolute atomic E-state index is 12.3. The van der Waals surface area contributed by atoms with Gasteiger partial charge in [0.05, 0.1) is 12.5 Å². The van der Waals surface area contributed by atoms with Gasteiger partial charge in [0.2, 0.25) is 5.91 Å². The third kappa shape index (κ3) is 3.28. The Morgan fingerprint density at radius 3 is 2.50 bits per heavy atom. The van der Waals surface area contributed by atoms with Crippen molar-refractivity contribution in [1.82, 2.24) is 4.90 Å². The number of hydrogen-bond donors (Lipinski definition) is 0. The maximum Gasteiger partial charge on any atom is 0.329 e. The van der Waals surface area contributed by atoms with E-state index in [1.165, 1.54) is 33.5 Å². The van der Waals surface area contributed by atoms with Crippen molar-refractivity contribution in [2.75, 3.05) is 26.6 Å². The van der Waals surface area contributed by atoms with Gasteiger partial charge in [0.25, 0.3) is 0 Å². The van der Waals surface area contributed by atoms with Crippen LogP contribution in [0.1, 0.15) is 32.1 Å². The summed E-state index contributed by atoms with van der Waals surface area (Å²) in [4.78, 5) is 25.9. The summed E-state index contributed by atoms with van der Waals surface area (Å²) >= 11 is 1.71. The van der Waals surface area contributed by atoms with Crippen LogP contribution in [-0.2, 0) is 19.1 Å². The zero-order valence-electron chi connectivity index (χ0n) is 12.2. The van der Waals surface area contributed by atoms with E-state index in [0.717, 1.165) is 12.8 Å². The van der Waals surface area contributed by atoms with Gasteiger partial charge in [-0.05, 0) is 18.8 Å². The second-order valence-corrected chi connectivity index (χ2v) is 6.54. The fourth-order valence-electron chi connectivity index (χ4n) is 3.14. The molecule has 2 rings (SSSR count). The molecule has 114 valence electrons. The molecule has 5 nitrogen and oxygen atoms in total. The van der Waals surface area contributed by atoms with Crippen LogP contribution in [0.5, 0.6) is 0 Å². The summed E-state index contributed by atoms with van der Waals surface area (Å²) in [5.41, 5.74) is 0. The highest BCUT2D eigenvalue weighted by atomic mass is 32.2. The van der Waals surface area contributed by atoms with Gasteiger partial charge in [0, 0.05) is 12.9 Å². The molecular weight excluding hydrogens is 278 g/mol. The number of nitrogens with zero attached hydrogens (tertiary/aromatic N) is 1. The molecule has 2 unspecified atom stereocenters. The van der Waals surface area contributed by atoms with Gasteiger partial charge in [0.15, 0.2) is 0 Å². The topological polar surface area (TPSA) is 55.8 Å². The van der Waals surface area contributed by atoms with E-state index >= 15 is 0 Å². The van der Waals surface area contributed by atoms with E-state index in [-0.39, 0.29) is 23.9 Å². The summed E-state index contributed by atoms with van der Waals surface area (Å²) in [5.74, 6) is 0.691.